The van der Waals surface area contributed by atoms with Gasteiger partial charge in [-0.25, -0.2) is 9.59 Å². The summed E-state index contributed by atoms with van der Waals surface area (Å²) in [5.74, 6) is -2.35. The first-order valence-corrected chi connectivity index (χ1v) is 12.7. The lowest BCUT2D eigenvalue weighted by Crippen LogP contribution is -2.39. The number of carbonyl (C=O) groups excluding carboxylic acids is 4. The maximum absolute atomic E-state index is 12.9. The Morgan fingerprint density at radius 3 is 2.49 bits per heavy atom. The van der Waals surface area contributed by atoms with Crippen LogP contribution < -0.4 is 26.6 Å². The second-order valence-corrected chi connectivity index (χ2v) is 9.62. The number of anilines is 2. The first-order chi connectivity index (χ1) is 18.6. The number of carbonyl (C=O) groups is 4. The summed E-state index contributed by atoms with van der Waals surface area (Å²) in [4.78, 5) is 50.1. The molecule has 1 unspecified atom stereocenters. The van der Waals surface area contributed by atoms with E-state index in [0.717, 1.165) is 17.7 Å². The SMILES string of the molecule is CC(C)COC(=O)c1ccc(Cl)c(NC(=O)C(C)C(=O)N2CCc3ccccc32)c1.COC(=O)C1=CNNN1. The second-order valence-electron chi connectivity index (χ2n) is 9.21. The predicted octanol–water partition coefficient (Wildman–Crippen LogP) is 2.93. The van der Waals surface area contributed by atoms with Crippen LogP contribution in [0, 0.1) is 11.8 Å². The molecule has 2 heterocycles. The zero-order valence-corrected chi connectivity index (χ0v) is 22.9. The normalized spacial score (nSPS) is 14.1. The molecule has 0 saturated heterocycles. The number of rotatable bonds is 7. The van der Waals surface area contributed by atoms with Gasteiger partial charge in [0.2, 0.25) is 11.8 Å². The topological polar surface area (TPSA) is 138 Å². The molecule has 2 amide bonds. The Hall–Kier alpha value is -4.09. The molecule has 0 bridgehead atoms. The van der Waals surface area contributed by atoms with Crippen LogP contribution in [0.25, 0.3) is 0 Å². The van der Waals surface area contributed by atoms with Gasteiger partial charge in [0.05, 0.1) is 30.0 Å². The molecule has 1 atom stereocenters. The first-order valence-electron chi connectivity index (χ1n) is 12.3. The van der Waals surface area contributed by atoms with E-state index in [0.29, 0.717) is 18.8 Å². The zero-order valence-electron chi connectivity index (χ0n) is 22.2. The molecule has 208 valence electrons. The van der Waals surface area contributed by atoms with Gasteiger partial charge in [0.1, 0.15) is 5.92 Å². The standard InChI is InChI=1S/C23H25ClN2O4.C4H7N3O2/c1-14(2)13-30-23(29)17-8-9-18(24)19(12-17)25-21(27)15(3)22(28)26-11-10-16-6-4-5-7-20(16)26;1-9-4(8)3-2-5-7-6-3/h4-9,12,14-15H,10-11,13H2,1-3H3,(H,25,27);2,5-7H,1H3. The highest BCUT2D eigenvalue weighted by Gasteiger charge is 2.31. The molecule has 2 aromatic carbocycles. The van der Waals surface area contributed by atoms with Crippen LogP contribution in [0.3, 0.4) is 0 Å². The molecule has 2 aliphatic heterocycles. The quantitative estimate of drug-likeness (QED) is 0.299. The molecular weight excluding hydrogens is 526 g/mol. The first kappa shape index (κ1) is 29.5. The minimum absolute atomic E-state index is 0.211. The fourth-order valence-electron chi connectivity index (χ4n) is 3.70. The number of amides is 2. The number of halogens is 1. The van der Waals surface area contributed by atoms with Gasteiger partial charge in [-0.05, 0) is 49.1 Å². The van der Waals surface area contributed by atoms with Crippen LogP contribution in [0.2, 0.25) is 5.02 Å². The van der Waals surface area contributed by atoms with E-state index in [2.05, 4.69) is 26.4 Å². The summed E-state index contributed by atoms with van der Waals surface area (Å²) in [5.41, 5.74) is 10.4. The van der Waals surface area contributed by atoms with Gasteiger partial charge >= 0.3 is 11.9 Å². The van der Waals surface area contributed by atoms with Gasteiger partial charge in [-0.1, -0.05) is 43.6 Å². The molecule has 4 N–H and O–H groups in total. The van der Waals surface area contributed by atoms with E-state index in [4.69, 9.17) is 16.3 Å². The second kappa shape index (κ2) is 13.6. The number of esters is 2. The van der Waals surface area contributed by atoms with Crippen molar-refractivity contribution in [3.05, 3.63) is 70.5 Å². The molecule has 4 rings (SSSR count). The number of para-hydroxylation sites is 1. The molecule has 0 spiro atoms. The maximum Gasteiger partial charge on any atom is 0.357 e. The monoisotopic (exact) mass is 557 g/mol. The highest BCUT2D eigenvalue weighted by atomic mass is 35.5. The third-order valence-electron chi connectivity index (χ3n) is 5.82. The van der Waals surface area contributed by atoms with Crippen molar-refractivity contribution in [2.45, 2.75) is 27.2 Å². The average molecular weight is 558 g/mol. The van der Waals surface area contributed by atoms with E-state index in [1.807, 2.05) is 38.1 Å². The Labute approximate surface area is 231 Å². The van der Waals surface area contributed by atoms with Crippen molar-refractivity contribution in [3.63, 3.8) is 0 Å². The molecule has 0 fully saturated rings. The molecule has 0 saturated carbocycles. The summed E-state index contributed by atoms with van der Waals surface area (Å²) < 4.78 is 9.60. The lowest BCUT2D eigenvalue weighted by Gasteiger charge is -2.21. The van der Waals surface area contributed by atoms with Crippen molar-refractivity contribution in [1.29, 1.82) is 0 Å². The third-order valence-corrected chi connectivity index (χ3v) is 6.15. The van der Waals surface area contributed by atoms with E-state index >= 15 is 0 Å². The van der Waals surface area contributed by atoms with Crippen LogP contribution in [-0.4, -0.2) is 44.0 Å². The predicted molar refractivity (Wildman–Crippen MR) is 146 cm³/mol. The maximum atomic E-state index is 12.9. The number of ether oxygens (including phenoxy) is 2. The van der Waals surface area contributed by atoms with Crippen molar-refractivity contribution in [2.75, 3.05) is 30.5 Å². The summed E-state index contributed by atoms with van der Waals surface area (Å²) in [6, 6.07) is 12.2. The zero-order chi connectivity index (χ0) is 28.5. The summed E-state index contributed by atoms with van der Waals surface area (Å²) in [6.07, 6.45) is 2.24. The van der Waals surface area contributed by atoms with E-state index in [9.17, 15) is 19.2 Å². The highest BCUT2D eigenvalue weighted by Crippen LogP contribution is 2.29. The summed E-state index contributed by atoms with van der Waals surface area (Å²) in [5, 5.41) is 2.95. The van der Waals surface area contributed by atoms with E-state index in [-0.39, 0.29) is 28.1 Å². The Morgan fingerprint density at radius 2 is 1.82 bits per heavy atom. The number of hydrazine groups is 2. The third kappa shape index (κ3) is 7.71. The Balaban J connectivity index is 0.000000395. The van der Waals surface area contributed by atoms with Crippen molar-refractivity contribution in [3.8, 4) is 0 Å². The molecule has 39 heavy (non-hydrogen) atoms. The van der Waals surface area contributed by atoms with Crippen LogP contribution in [-0.2, 0) is 30.3 Å². The lowest BCUT2D eigenvalue weighted by atomic mass is 10.1. The molecule has 0 aromatic heterocycles. The van der Waals surface area contributed by atoms with Gasteiger partial charge in [-0.3, -0.25) is 15.0 Å². The number of methoxy groups -OCH3 is 1. The van der Waals surface area contributed by atoms with Gasteiger partial charge in [0, 0.05) is 18.4 Å². The van der Waals surface area contributed by atoms with E-state index in [1.165, 1.54) is 31.5 Å². The number of fused-ring (bicyclic) bond motifs is 1. The van der Waals surface area contributed by atoms with Crippen LogP contribution in [0.4, 0.5) is 11.4 Å². The van der Waals surface area contributed by atoms with Crippen LogP contribution in [0.1, 0.15) is 36.7 Å². The van der Waals surface area contributed by atoms with Crippen molar-refractivity contribution < 1.29 is 28.7 Å². The molecule has 2 aromatic rings. The fraction of sp³-hybridized carbons (Fsp3) is 0.333. The van der Waals surface area contributed by atoms with Crippen LogP contribution >= 0.6 is 11.6 Å². The largest absolute Gasteiger partial charge is 0.464 e. The molecular formula is C27H32ClN5O6. The fourth-order valence-corrected chi connectivity index (χ4v) is 3.86. The molecule has 0 aliphatic carbocycles. The van der Waals surface area contributed by atoms with E-state index < -0.39 is 23.8 Å². The number of nitrogens with one attached hydrogen (secondary N) is 4. The van der Waals surface area contributed by atoms with Crippen LogP contribution in [0.5, 0.6) is 0 Å². The smallest absolute Gasteiger partial charge is 0.357 e. The highest BCUT2D eigenvalue weighted by molar-refractivity contribution is 6.34. The van der Waals surface area contributed by atoms with Gasteiger partial charge in [0.15, 0.2) is 5.70 Å². The number of hydrogen-bond acceptors (Lipinski definition) is 9. The van der Waals surface area contributed by atoms with E-state index in [1.54, 1.807) is 11.8 Å². The van der Waals surface area contributed by atoms with Gasteiger partial charge in [-0.15, -0.1) is 0 Å². The number of hydrogen-bond donors (Lipinski definition) is 4. The summed E-state index contributed by atoms with van der Waals surface area (Å²) in [6.45, 7) is 6.29. The number of benzene rings is 2. The van der Waals surface area contributed by atoms with Crippen molar-refractivity contribution in [2.24, 2.45) is 11.8 Å². The average Bonchev–Trinajstić information content (AvgIpc) is 3.62. The molecule has 0 radical (unpaired) electrons. The summed E-state index contributed by atoms with van der Waals surface area (Å²) in [7, 11) is 1.32. The molecule has 2 aliphatic rings. The van der Waals surface area contributed by atoms with Gasteiger partial charge in [0.25, 0.3) is 0 Å². The summed E-state index contributed by atoms with van der Waals surface area (Å²) >= 11 is 6.19. The Bertz CT molecular complexity index is 1260. The van der Waals surface area contributed by atoms with Gasteiger partial charge < -0.3 is 25.1 Å². The van der Waals surface area contributed by atoms with Gasteiger partial charge in [-0.2, -0.15) is 5.53 Å². The van der Waals surface area contributed by atoms with Crippen LogP contribution in [0.15, 0.2) is 54.4 Å². The molecule has 11 nitrogen and oxygen atoms in total. The Kier molecular flexibility index (Phi) is 10.3. The lowest BCUT2D eigenvalue weighted by molar-refractivity contribution is -0.136. The van der Waals surface area contributed by atoms with Crippen molar-refractivity contribution in [1.82, 2.24) is 16.4 Å². The Morgan fingerprint density at radius 1 is 1.08 bits per heavy atom. The van der Waals surface area contributed by atoms with Crippen molar-refractivity contribution >= 4 is 46.7 Å². The minimum atomic E-state index is -0.913. The molecule has 12 heteroatoms. The number of nitrogens with zero attached hydrogens (tertiary/aromatic N) is 1. The minimum Gasteiger partial charge on any atom is -0.464 e.